The second-order valence-corrected chi connectivity index (χ2v) is 11.1. The van der Waals surface area contributed by atoms with Crippen molar-refractivity contribution in [3.63, 3.8) is 0 Å². The molecule has 2 aromatic carbocycles. The standard InChI is InChI=1S/C33H51N3O4/c1-8-17-36(9-2,25-30(37)23-31-26(3)12-10-13-27(31)4)18-20-40-22-21-39-19-16-35(7)24-32(38)34-33-28(5)14-11-15-29(33)6/h10-15H,8-9,16-25H2,1-7H3/p+1. The van der Waals surface area contributed by atoms with Crippen LogP contribution < -0.4 is 5.32 Å². The molecule has 40 heavy (non-hydrogen) atoms. The Bertz CT molecular complexity index is 1050. The molecule has 1 unspecified atom stereocenters. The van der Waals surface area contributed by atoms with Gasteiger partial charge in [0.05, 0.1) is 46.1 Å². The van der Waals surface area contributed by atoms with Crippen molar-refractivity contribution in [2.75, 3.05) is 78.1 Å². The molecule has 0 aliphatic heterocycles. The maximum Gasteiger partial charge on any atom is 0.238 e. The Hall–Kier alpha value is -2.58. The molecular formula is C33H52N3O4+. The molecule has 1 N–H and O–H groups in total. The van der Waals surface area contributed by atoms with Crippen molar-refractivity contribution in [3.8, 4) is 0 Å². The number of carbonyl (C=O) groups excluding carboxylic acids is 2. The van der Waals surface area contributed by atoms with Crippen LogP contribution in [0.2, 0.25) is 0 Å². The molecule has 0 fully saturated rings. The average Bonchev–Trinajstić information content (AvgIpc) is 2.90. The Balaban J connectivity index is 1.67. The maximum absolute atomic E-state index is 13.1. The number of hydrogen-bond donors (Lipinski definition) is 1. The van der Waals surface area contributed by atoms with Gasteiger partial charge in [0, 0.05) is 18.7 Å². The van der Waals surface area contributed by atoms with Gasteiger partial charge in [-0.05, 0) is 75.9 Å². The summed E-state index contributed by atoms with van der Waals surface area (Å²) in [4.78, 5) is 27.5. The number of quaternary nitrogens is 1. The zero-order valence-electron chi connectivity index (χ0n) is 26.0. The summed E-state index contributed by atoms with van der Waals surface area (Å²) in [6.45, 7) is 18.9. The number of amides is 1. The fourth-order valence-electron chi connectivity index (χ4n) is 5.24. The summed E-state index contributed by atoms with van der Waals surface area (Å²) in [5.74, 6) is 0.267. The van der Waals surface area contributed by atoms with Crippen molar-refractivity contribution in [2.24, 2.45) is 0 Å². The molecule has 0 heterocycles. The highest BCUT2D eigenvalue weighted by Crippen LogP contribution is 2.19. The predicted octanol–water partition coefficient (Wildman–Crippen LogP) is 4.88. The fourth-order valence-corrected chi connectivity index (χ4v) is 5.24. The summed E-state index contributed by atoms with van der Waals surface area (Å²) in [7, 11) is 1.92. The number of nitrogens with one attached hydrogen (secondary N) is 1. The predicted molar refractivity (Wildman–Crippen MR) is 164 cm³/mol. The van der Waals surface area contributed by atoms with E-state index in [9.17, 15) is 9.59 Å². The minimum absolute atomic E-state index is 0.0274. The molecule has 0 aromatic heterocycles. The molecule has 0 aliphatic carbocycles. The summed E-state index contributed by atoms with van der Waals surface area (Å²) < 4.78 is 12.4. The van der Waals surface area contributed by atoms with Gasteiger partial charge in [-0.25, -0.2) is 0 Å². The molecule has 7 heteroatoms. The van der Waals surface area contributed by atoms with Gasteiger partial charge in [-0.1, -0.05) is 43.3 Å². The molecule has 0 saturated carbocycles. The lowest BCUT2D eigenvalue weighted by Gasteiger charge is -2.37. The summed E-state index contributed by atoms with van der Waals surface area (Å²) in [6, 6.07) is 12.2. The lowest BCUT2D eigenvalue weighted by atomic mass is 9.97. The number of carbonyl (C=O) groups is 2. The lowest BCUT2D eigenvalue weighted by molar-refractivity contribution is -0.919. The van der Waals surface area contributed by atoms with E-state index in [2.05, 4.69) is 51.2 Å². The van der Waals surface area contributed by atoms with Crippen molar-refractivity contribution < 1.29 is 23.5 Å². The highest BCUT2D eigenvalue weighted by Gasteiger charge is 2.28. The highest BCUT2D eigenvalue weighted by atomic mass is 16.5. The van der Waals surface area contributed by atoms with E-state index in [1.54, 1.807) is 0 Å². The number of nitrogens with zero attached hydrogens (tertiary/aromatic N) is 2. The van der Waals surface area contributed by atoms with Crippen molar-refractivity contribution in [2.45, 2.75) is 54.4 Å². The minimum Gasteiger partial charge on any atom is -0.378 e. The van der Waals surface area contributed by atoms with E-state index in [4.69, 9.17) is 9.47 Å². The largest absolute Gasteiger partial charge is 0.378 e. The number of ether oxygens (including phenoxy) is 2. The zero-order chi connectivity index (χ0) is 29.5. The van der Waals surface area contributed by atoms with E-state index < -0.39 is 0 Å². The van der Waals surface area contributed by atoms with Gasteiger partial charge in [0.2, 0.25) is 5.91 Å². The second kappa shape index (κ2) is 17.3. The van der Waals surface area contributed by atoms with Crippen molar-refractivity contribution in [3.05, 3.63) is 64.2 Å². The van der Waals surface area contributed by atoms with E-state index in [0.29, 0.717) is 58.3 Å². The van der Waals surface area contributed by atoms with Crippen LogP contribution in [0.1, 0.15) is 48.1 Å². The van der Waals surface area contributed by atoms with Crippen LogP contribution in [0, 0.1) is 27.7 Å². The number of anilines is 1. The minimum atomic E-state index is -0.0274. The number of likely N-dealkylation sites (N-methyl/N-ethyl adjacent to an activating group) is 2. The molecule has 1 amide bonds. The molecule has 1 atom stereocenters. The van der Waals surface area contributed by atoms with Crippen LogP contribution in [0.5, 0.6) is 0 Å². The second-order valence-electron chi connectivity index (χ2n) is 11.1. The molecule has 2 aromatic rings. The summed E-state index contributed by atoms with van der Waals surface area (Å²) in [5, 5.41) is 3.02. The van der Waals surface area contributed by atoms with E-state index >= 15 is 0 Å². The van der Waals surface area contributed by atoms with Gasteiger partial charge in [-0.15, -0.1) is 0 Å². The first-order valence-corrected chi connectivity index (χ1v) is 14.7. The van der Waals surface area contributed by atoms with Crippen LogP contribution in [0.25, 0.3) is 0 Å². The number of rotatable bonds is 19. The third kappa shape index (κ3) is 11.1. The molecule has 2 rings (SSSR count). The first-order valence-electron chi connectivity index (χ1n) is 14.7. The van der Waals surface area contributed by atoms with Gasteiger partial charge < -0.3 is 19.3 Å². The summed E-state index contributed by atoms with van der Waals surface area (Å²) >= 11 is 0. The van der Waals surface area contributed by atoms with Gasteiger partial charge in [0.15, 0.2) is 5.78 Å². The summed E-state index contributed by atoms with van der Waals surface area (Å²) in [5.41, 5.74) is 6.56. The number of aryl methyl sites for hydroxylation is 4. The molecule has 0 aliphatic rings. The average molecular weight is 555 g/mol. The molecule has 0 bridgehead atoms. The Labute approximate surface area is 242 Å². The number of para-hydroxylation sites is 1. The molecular weight excluding hydrogens is 502 g/mol. The van der Waals surface area contributed by atoms with Crippen molar-refractivity contribution in [1.82, 2.24) is 4.90 Å². The normalized spacial score (nSPS) is 12.9. The molecule has 0 saturated heterocycles. The number of hydrogen-bond acceptors (Lipinski definition) is 5. The maximum atomic E-state index is 13.1. The third-order valence-corrected chi connectivity index (χ3v) is 7.76. The van der Waals surface area contributed by atoms with Crippen LogP contribution in [0.4, 0.5) is 5.69 Å². The van der Waals surface area contributed by atoms with Crippen LogP contribution in [-0.4, -0.2) is 93.8 Å². The first kappa shape index (κ1) is 33.6. The van der Waals surface area contributed by atoms with Gasteiger partial charge in [-0.2, -0.15) is 0 Å². The topological polar surface area (TPSA) is 67.9 Å². The number of benzene rings is 2. The smallest absolute Gasteiger partial charge is 0.238 e. The van der Waals surface area contributed by atoms with Gasteiger partial charge in [0.1, 0.15) is 13.1 Å². The number of Topliss-reactive ketones (excluding diaryl/α,β-unsaturated/α-hetero) is 1. The zero-order valence-corrected chi connectivity index (χ0v) is 26.0. The van der Waals surface area contributed by atoms with E-state index in [-0.39, 0.29) is 5.91 Å². The fraction of sp³-hybridized carbons (Fsp3) is 0.576. The molecule has 7 nitrogen and oxygen atoms in total. The van der Waals surface area contributed by atoms with Crippen LogP contribution in [0.15, 0.2) is 36.4 Å². The van der Waals surface area contributed by atoms with Crippen molar-refractivity contribution >= 4 is 17.4 Å². The van der Waals surface area contributed by atoms with E-state index in [1.807, 2.05) is 44.0 Å². The lowest BCUT2D eigenvalue weighted by Crippen LogP contribution is -2.53. The van der Waals surface area contributed by atoms with E-state index in [1.165, 1.54) is 16.7 Å². The monoisotopic (exact) mass is 554 g/mol. The molecule has 222 valence electrons. The van der Waals surface area contributed by atoms with Gasteiger partial charge in [-0.3, -0.25) is 14.5 Å². The summed E-state index contributed by atoms with van der Waals surface area (Å²) in [6.07, 6.45) is 1.53. The number of ketones is 1. The Morgan fingerprint density at radius 3 is 1.98 bits per heavy atom. The van der Waals surface area contributed by atoms with E-state index in [0.717, 1.165) is 47.4 Å². The van der Waals surface area contributed by atoms with Gasteiger partial charge >= 0.3 is 0 Å². The quantitative estimate of drug-likeness (QED) is 0.198. The SMILES string of the molecule is CCC[N+](CC)(CCOCCOCCN(C)CC(=O)Nc1c(C)cccc1C)CC(=O)Cc1c(C)cccc1C. The Morgan fingerprint density at radius 1 is 0.825 bits per heavy atom. The van der Waals surface area contributed by atoms with Crippen LogP contribution in [0.3, 0.4) is 0 Å². The van der Waals surface area contributed by atoms with Crippen molar-refractivity contribution in [1.29, 1.82) is 0 Å². The first-order chi connectivity index (χ1) is 19.1. The molecule has 0 spiro atoms. The third-order valence-electron chi connectivity index (χ3n) is 7.76. The Kier molecular flexibility index (Phi) is 14.5. The van der Waals surface area contributed by atoms with Crippen LogP contribution >= 0.6 is 0 Å². The van der Waals surface area contributed by atoms with Crippen LogP contribution in [-0.2, 0) is 25.5 Å². The Morgan fingerprint density at radius 2 is 1.40 bits per heavy atom. The highest BCUT2D eigenvalue weighted by molar-refractivity contribution is 5.93. The van der Waals surface area contributed by atoms with Gasteiger partial charge in [0.25, 0.3) is 0 Å². The molecule has 0 radical (unpaired) electrons.